The Kier molecular flexibility index (Phi) is 8.71. The second kappa shape index (κ2) is 11.5. The Morgan fingerprint density at radius 1 is 1.03 bits per heavy atom. The quantitative estimate of drug-likeness (QED) is 0.358. The summed E-state index contributed by atoms with van der Waals surface area (Å²) in [5.74, 6) is -1.51. The van der Waals surface area contributed by atoms with Gasteiger partial charge < -0.3 is 15.4 Å². The van der Waals surface area contributed by atoms with Crippen LogP contribution in [0.3, 0.4) is 0 Å². The Morgan fingerprint density at radius 3 is 2.40 bits per heavy atom. The molecule has 2 aromatic rings. The van der Waals surface area contributed by atoms with E-state index in [1.165, 1.54) is 0 Å². The van der Waals surface area contributed by atoms with Gasteiger partial charge in [0.25, 0.3) is 5.91 Å². The number of para-hydroxylation sites is 1. The molecule has 2 aromatic carbocycles. The number of rotatable bonds is 7. The fraction of sp³-hybridized carbons (Fsp3) is 0.182. The first-order valence-corrected chi connectivity index (χ1v) is 9.73. The van der Waals surface area contributed by atoms with E-state index in [4.69, 9.17) is 17.0 Å². The smallest absolute Gasteiger partial charge is 0.330 e. The Balaban J connectivity index is 2.00. The van der Waals surface area contributed by atoms with Crippen molar-refractivity contribution in [3.63, 3.8) is 0 Å². The van der Waals surface area contributed by atoms with Crippen LogP contribution < -0.4 is 16.0 Å². The summed E-state index contributed by atoms with van der Waals surface area (Å²) in [5.41, 5.74) is 1.79. The van der Waals surface area contributed by atoms with Gasteiger partial charge in [0.05, 0.1) is 23.9 Å². The summed E-state index contributed by atoms with van der Waals surface area (Å²) in [6.07, 6.45) is 2.03. The number of hydrogen-bond donors (Lipinski definition) is 3. The third kappa shape index (κ3) is 7.14. The molecule has 1 unspecified atom stereocenters. The second-order valence-electron chi connectivity index (χ2n) is 6.18. The third-order valence-corrected chi connectivity index (χ3v) is 4.17. The van der Waals surface area contributed by atoms with Gasteiger partial charge in [0.2, 0.25) is 5.91 Å². The number of benzene rings is 2. The van der Waals surface area contributed by atoms with Gasteiger partial charge in [-0.05, 0) is 43.8 Å². The average molecular weight is 426 g/mol. The first-order valence-electron chi connectivity index (χ1n) is 9.32. The lowest BCUT2D eigenvalue weighted by molar-refractivity contribution is -0.137. The van der Waals surface area contributed by atoms with Gasteiger partial charge >= 0.3 is 5.97 Å². The van der Waals surface area contributed by atoms with Gasteiger partial charge in [-0.2, -0.15) is 0 Å². The summed E-state index contributed by atoms with van der Waals surface area (Å²) in [6, 6.07) is 16.2. The second-order valence-corrected chi connectivity index (χ2v) is 6.59. The van der Waals surface area contributed by atoms with E-state index in [1.54, 1.807) is 31.2 Å². The van der Waals surface area contributed by atoms with Crippen molar-refractivity contribution in [1.82, 2.24) is 10.6 Å². The van der Waals surface area contributed by atoms with Crippen LogP contribution in [0.2, 0.25) is 0 Å². The van der Waals surface area contributed by atoms with E-state index >= 15 is 0 Å². The topological polar surface area (TPSA) is 96.5 Å². The minimum absolute atomic E-state index is 0.00938. The maximum atomic E-state index is 12.7. The molecule has 0 bridgehead atoms. The molecule has 0 saturated heterocycles. The monoisotopic (exact) mass is 425 g/mol. The Bertz CT molecular complexity index is 944. The number of ether oxygens (including phenoxy) is 1. The van der Waals surface area contributed by atoms with Crippen LogP contribution >= 0.6 is 12.2 Å². The molecule has 0 heterocycles. The molecule has 0 aliphatic heterocycles. The normalized spacial score (nSPS) is 11.4. The number of hydrogen-bond acceptors (Lipinski definition) is 5. The van der Waals surface area contributed by atoms with Crippen LogP contribution in [0.5, 0.6) is 0 Å². The lowest BCUT2D eigenvalue weighted by Gasteiger charge is -2.17. The van der Waals surface area contributed by atoms with E-state index in [-0.39, 0.29) is 23.7 Å². The van der Waals surface area contributed by atoms with Crippen molar-refractivity contribution in [1.29, 1.82) is 0 Å². The Hall–Kier alpha value is -3.52. The summed E-state index contributed by atoms with van der Waals surface area (Å²) in [6.45, 7) is 3.77. The molecule has 1 atom stereocenters. The number of thiocarbonyl (C=S) groups is 1. The lowest BCUT2D eigenvalue weighted by Crippen LogP contribution is -2.34. The molecule has 8 heteroatoms. The van der Waals surface area contributed by atoms with E-state index in [0.717, 1.165) is 17.7 Å². The van der Waals surface area contributed by atoms with Gasteiger partial charge in [-0.3, -0.25) is 14.9 Å². The highest BCUT2D eigenvalue weighted by Gasteiger charge is 2.15. The zero-order valence-electron chi connectivity index (χ0n) is 16.7. The third-order valence-electron chi connectivity index (χ3n) is 3.96. The molecule has 0 aliphatic rings. The standard InChI is InChI=1S/C22H23N3O4S/c1-3-29-20(27)14-13-19(26)25-22(30)24-18-12-8-7-11-17(18)21(28)23-15(2)16-9-5-4-6-10-16/h4-15H,3H2,1-2H3,(H,23,28)(H2,24,25,26,30). The van der Waals surface area contributed by atoms with Crippen molar-refractivity contribution in [2.24, 2.45) is 0 Å². The van der Waals surface area contributed by atoms with Crippen molar-refractivity contribution in [2.75, 3.05) is 11.9 Å². The molecule has 0 aliphatic carbocycles. The van der Waals surface area contributed by atoms with Crippen molar-refractivity contribution in [2.45, 2.75) is 19.9 Å². The number of nitrogens with one attached hydrogen (secondary N) is 3. The van der Waals surface area contributed by atoms with Crippen LogP contribution in [-0.4, -0.2) is 29.5 Å². The Labute approximate surface area is 180 Å². The maximum Gasteiger partial charge on any atom is 0.330 e. The van der Waals surface area contributed by atoms with Crippen LogP contribution in [0, 0.1) is 0 Å². The maximum absolute atomic E-state index is 12.7. The molecule has 7 nitrogen and oxygen atoms in total. The van der Waals surface area contributed by atoms with E-state index < -0.39 is 11.9 Å². The van der Waals surface area contributed by atoms with Crippen LogP contribution in [-0.2, 0) is 14.3 Å². The highest BCUT2D eigenvalue weighted by Crippen LogP contribution is 2.18. The molecular formula is C22H23N3O4S. The molecule has 0 aromatic heterocycles. The number of carbonyl (C=O) groups is 3. The molecule has 3 N–H and O–H groups in total. The van der Waals surface area contributed by atoms with Crippen LogP contribution in [0.15, 0.2) is 66.7 Å². The summed E-state index contributed by atoms with van der Waals surface area (Å²) < 4.78 is 4.70. The molecule has 0 fully saturated rings. The fourth-order valence-electron chi connectivity index (χ4n) is 2.53. The summed E-state index contributed by atoms with van der Waals surface area (Å²) in [7, 11) is 0. The van der Waals surface area contributed by atoms with E-state index in [0.29, 0.717) is 11.3 Å². The van der Waals surface area contributed by atoms with E-state index in [1.807, 2.05) is 37.3 Å². The number of anilines is 1. The van der Waals surface area contributed by atoms with Crippen molar-refractivity contribution >= 4 is 40.8 Å². The van der Waals surface area contributed by atoms with Gasteiger partial charge in [0.1, 0.15) is 0 Å². The first kappa shape index (κ1) is 22.8. The van der Waals surface area contributed by atoms with E-state index in [9.17, 15) is 14.4 Å². The molecule has 0 radical (unpaired) electrons. The Morgan fingerprint density at radius 2 is 1.70 bits per heavy atom. The number of amides is 2. The highest BCUT2D eigenvalue weighted by atomic mass is 32.1. The zero-order valence-corrected chi connectivity index (χ0v) is 17.5. The molecule has 2 amide bonds. The molecule has 156 valence electrons. The van der Waals surface area contributed by atoms with Crippen molar-refractivity contribution in [3.8, 4) is 0 Å². The van der Waals surface area contributed by atoms with Crippen LogP contribution in [0.4, 0.5) is 5.69 Å². The van der Waals surface area contributed by atoms with Crippen LogP contribution in [0.1, 0.15) is 35.8 Å². The van der Waals surface area contributed by atoms with Gasteiger partial charge in [0, 0.05) is 12.2 Å². The molecule has 0 spiro atoms. The van der Waals surface area contributed by atoms with Crippen LogP contribution in [0.25, 0.3) is 0 Å². The van der Waals surface area contributed by atoms with E-state index in [2.05, 4.69) is 16.0 Å². The minimum Gasteiger partial charge on any atom is -0.463 e. The summed E-state index contributed by atoms with van der Waals surface area (Å²) in [5, 5.41) is 8.18. The summed E-state index contributed by atoms with van der Waals surface area (Å²) >= 11 is 5.13. The average Bonchev–Trinajstić information content (AvgIpc) is 2.73. The molecule has 2 rings (SSSR count). The fourth-order valence-corrected chi connectivity index (χ4v) is 2.74. The number of esters is 1. The van der Waals surface area contributed by atoms with Crippen molar-refractivity contribution < 1.29 is 19.1 Å². The van der Waals surface area contributed by atoms with Gasteiger partial charge in [-0.25, -0.2) is 4.79 Å². The van der Waals surface area contributed by atoms with Gasteiger partial charge in [0.15, 0.2) is 5.11 Å². The number of carbonyl (C=O) groups excluding carboxylic acids is 3. The SMILES string of the molecule is CCOC(=O)C=CC(=O)NC(=S)Nc1ccccc1C(=O)NC(C)c1ccccc1. The van der Waals surface area contributed by atoms with Gasteiger partial charge in [-0.1, -0.05) is 42.5 Å². The van der Waals surface area contributed by atoms with Crippen molar-refractivity contribution in [3.05, 3.63) is 77.9 Å². The summed E-state index contributed by atoms with van der Waals surface area (Å²) in [4.78, 5) is 35.9. The first-order chi connectivity index (χ1) is 14.4. The zero-order chi connectivity index (χ0) is 21.9. The van der Waals surface area contributed by atoms with Gasteiger partial charge in [-0.15, -0.1) is 0 Å². The molecule has 0 saturated carbocycles. The molecule has 30 heavy (non-hydrogen) atoms. The predicted octanol–water partition coefficient (Wildman–Crippen LogP) is 3.11. The predicted molar refractivity (Wildman–Crippen MR) is 119 cm³/mol. The molecular weight excluding hydrogens is 402 g/mol. The highest BCUT2D eigenvalue weighted by molar-refractivity contribution is 7.80. The minimum atomic E-state index is -0.624. The largest absolute Gasteiger partial charge is 0.463 e. The lowest BCUT2D eigenvalue weighted by atomic mass is 10.1.